The molecule has 1 amide bonds. The number of methoxy groups -OCH3 is 2. The minimum absolute atomic E-state index is 0.0440. The number of guanidine groups is 1. The minimum atomic E-state index is -0.216. The SMILES string of the molecule is COCCNC(=O)CN=C(N)Nc1ccccc1OC. The van der Waals surface area contributed by atoms with Crippen molar-refractivity contribution >= 4 is 17.6 Å². The molecule has 7 nitrogen and oxygen atoms in total. The van der Waals surface area contributed by atoms with Crippen molar-refractivity contribution in [1.29, 1.82) is 0 Å². The summed E-state index contributed by atoms with van der Waals surface area (Å²) in [6.07, 6.45) is 0. The second-order valence-corrected chi connectivity index (χ2v) is 3.87. The zero-order valence-electron chi connectivity index (χ0n) is 11.7. The molecule has 1 aromatic carbocycles. The molecule has 0 saturated heterocycles. The fourth-order valence-electron chi connectivity index (χ4n) is 1.43. The Balaban J connectivity index is 2.47. The Morgan fingerprint density at radius 2 is 2.10 bits per heavy atom. The highest BCUT2D eigenvalue weighted by Crippen LogP contribution is 2.22. The van der Waals surface area contributed by atoms with Crippen LogP contribution in [0.1, 0.15) is 0 Å². The van der Waals surface area contributed by atoms with Crippen molar-refractivity contribution < 1.29 is 14.3 Å². The van der Waals surface area contributed by atoms with Gasteiger partial charge in [-0.15, -0.1) is 0 Å². The summed E-state index contributed by atoms with van der Waals surface area (Å²) in [6.45, 7) is 0.868. The molecule has 0 atom stereocenters. The van der Waals surface area contributed by atoms with Gasteiger partial charge in [-0.2, -0.15) is 0 Å². The summed E-state index contributed by atoms with van der Waals surface area (Å²) in [5, 5.41) is 5.53. The number of benzene rings is 1. The van der Waals surface area contributed by atoms with Crippen LogP contribution < -0.4 is 21.1 Å². The number of nitrogens with two attached hydrogens (primary N) is 1. The second kappa shape index (κ2) is 8.76. The summed E-state index contributed by atoms with van der Waals surface area (Å²) in [6, 6.07) is 7.29. The molecule has 110 valence electrons. The van der Waals surface area contributed by atoms with Gasteiger partial charge >= 0.3 is 0 Å². The molecule has 0 aliphatic carbocycles. The molecule has 1 aromatic rings. The number of anilines is 1. The first kappa shape index (κ1) is 15.8. The van der Waals surface area contributed by atoms with Gasteiger partial charge in [0.2, 0.25) is 5.91 Å². The van der Waals surface area contributed by atoms with Gasteiger partial charge in [0.1, 0.15) is 12.3 Å². The van der Waals surface area contributed by atoms with Crippen molar-refractivity contribution in [1.82, 2.24) is 5.32 Å². The van der Waals surface area contributed by atoms with Crippen LogP contribution in [-0.4, -0.2) is 45.8 Å². The van der Waals surface area contributed by atoms with Crippen LogP contribution in [0.3, 0.4) is 0 Å². The molecular weight excluding hydrogens is 260 g/mol. The van der Waals surface area contributed by atoms with Crippen molar-refractivity contribution in [3.63, 3.8) is 0 Å². The van der Waals surface area contributed by atoms with E-state index in [2.05, 4.69) is 15.6 Å². The average Bonchev–Trinajstić information content (AvgIpc) is 2.46. The standard InChI is InChI=1S/C13H20N4O3/c1-19-8-7-15-12(18)9-16-13(14)17-10-5-3-4-6-11(10)20-2/h3-6H,7-9H2,1-2H3,(H,15,18)(H3,14,16,17). The lowest BCUT2D eigenvalue weighted by molar-refractivity contribution is -0.119. The quantitative estimate of drug-likeness (QED) is 0.376. The zero-order chi connectivity index (χ0) is 14.8. The Bertz CT molecular complexity index is 463. The van der Waals surface area contributed by atoms with E-state index in [4.69, 9.17) is 15.2 Å². The van der Waals surface area contributed by atoms with Crippen LogP contribution in [0.2, 0.25) is 0 Å². The number of carbonyl (C=O) groups is 1. The summed E-state index contributed by atoms with van der Waals surface area (Å²) < 4.78 is 9.99. The van der Waals surface area contributed by atoms with Crippen molar-refractivity contribution in [2.24, 2.45) is 10.7 Å². The molecular formula is C13H20N4O3. The maximum absolute atomic E-state index is 11.4. The number of hydrogen-bond acceptors (Lipinski definition) is 4. The predicted octanol–water partition coefficient (Wildman–Crippen LogP) is 0.184. The summed E-state index contributed by atoms with van der Waals surface area (Å²) in [7, 11) is 3.14. The third-order valence-electron chi connectivity index (χ3n) is 2.39. The molecule has 0 aliphatic rings. The lowest BCUT2D eigenvalue weighted by atomic mass is 10.3. The van der Waals surface area contributed by atoms with Gasteiger partial charge in [0, 0.05) is 13.7 Å². The number of nitrogens with zero attached hydrogens (tertiary/aromatic N) is 1. The topological polar surface area (TPSA) is 98.0 Å². The maximum atomic E-state index is 11.4. The van der Waals surface area contributed by atoms with Gasteiger partial charge in [0.15, 0.2) is 5.96 Å². The van der Waals surface area contributed by atoms with E-state index in [0.717, 1.165) is 0 Å². The number of ether oxygens (including phenoxy) is 2. The van der Waals surface area contributed by atoms with E-state index in [9.17, 15) is 4.79 Å². The van der Waals surface area contributed by atoms with Crippen molar-refractivity contribution in [3.05, 3.63) is 24.3 Å². The number of amides is 1. The zero-order valence-corrected chi connectivity index (χ0v) is 11.7. The lowest BCUT2D eigenvalue weighted by Crippen LogP contribution is -2.31. The van der Waals surface area contributed by atoms with Crippen LogP contribution in [0.4, 0.5) is 5.69 Å². The lowest BCUT2D eigenvalue weighted by Gasteiger charge is -2.10. The van der Waals surface area contributed by atoms with Gasteiger partial charge < -0.3 is 25.8 Å². The second-order valence-electron chi connectivity index (χ2n) is 3.87. The summed E-state index contributed by atoms with van der Waals surface area (Å²) in [5.74, 6) is 0.582. The Hall–Kier alpha value is -2.28. The molecule has 0 aromatic heterocycles. The van der Waals surface area contributed by atoms with Crippen LogP contribution in [0.15, 0.2) is 29.3 Å². The van der Waals surface area contributed by atoms with Crippen LogP contribution >= 0.6 is 0 Å². The summed E-state index contributed by atoms with van der Waals surface area (Å²) >= 11 is 0. The molecule has 0 saturated carbocycles. The third-order valence-corrected chi connectivity index (χ3v) is 2.39. The Labute approximate surface area is 118 Å². The molecule has 0 heterocycles. The summed E-state index contributed by atoms with van der Waals surface area (Å²) in [4.78, 5) is 15.4. The Kier molecular flexibility index (Phi) is 6.91. The van der Waals surface area contributed by atoms with E-state index in [1.165, 1.54) is 0 Å². The van der Waals surface area contributed by atoms with E-state index < -0.39 is 0 Å². The fraction of sp³-hybridized carbons (Fsp3) is 0.385. The highest BCUT2D eigenvalue weighted by atomic mass is 16.5. The van der Waals surface area contributed by atoms with Gasteiger partial charge in [-0.25, -0.2) is 4.99 Å². The number of nitrogens with one attached hydrogen (secondary N) is 2. The highest BCUT2D eigenvalue weighted by molar-refractivity contribution is 5.95. The van der Waals surface area contributed by atoms with Crippen molar-refractivity contribution in [3.8, 4) is 5.75 Å². The Morgan fingerprint density at radius 3 is 2.80 bits per heavy atom. The molecule has 0 radical (unpaired) electrons. The highest BCUT2D eigenvalue weighted by Gasteiger charge is 2.03. The van der Waals surface area contributed by atoms with E-state index in [0.29, 0.717) is 24.6 Å². The molecule has 1 rings (SSSR count). The molecule has 7 heteroatoms. The first-order valence-electron chi connectivity index (χ1n) is 6.13. The molecule has 0 spiro atoms. The molecule has 0 fully saturated rings. The van der Waals surface area contributed by atoms with E-state index in [-0.39, 0.29) is 18.4 Å². The van der Waals surface area contributed by atoms with E-state index in [1.807, 2.05) is 12.1 Å². The predicted molar refractivity (Wildman–Crippen MR) is 78.0 cm³/mol. The van der Waals surface area contributed by atoms with Gasteiger partial charge in [-0.1, -0.05) is 12.1 Å². The largest absolute Gasteiger partial charge is 0.495 e. The monoisotopic (exact) mass is 280 g/mol. The molecule has 0 unspecified atom stereocenters. The van der Waals surface area contributed by atoms with Gasteiger partial charge in [-0.3, -0.25) is 4.79 Å². The molecule has 0 bridgehead atoms. The van der Waals surface area contributed by atoms with Crippen molar-refractivity contribution in [2.45, 2.75) is 0 Å². The van der Waals surface area contributed by atoms with Crippen LogP contribution in [0.5, 0.6) is 5.75 Å². The van der Waals surface area contributed by atoms with Crippen LogP contribution in [0.25, 0.3) is 0 Å². The number of rotatable bonds is 7. The molecule has 4 N–H and O–H groups in total. The van der Waals surface area contributed by atoms with Crippen LogP contribution in [-0.2, 0) is 9.53 Å². The first-order chi connectivity index (χ1) is 9.67. The normalized spacial score (nSPS) is 11.0. The average molecular weight is 280 g/mol. The van der Waals surface area contributed by atoms with Crippen molar-refractivity contribution in [2.75, 3.05) is 39.2 Å². The van der Waals surface area contributed by atoms with Crippen LogP contribution in [0, 0.1) is 0 Å². The van der Waals surface area contributed by atoms with Gasteiger partial charge in [0.05, 0.1) is 19.4 Å². The Morgan fingerprint density at radius 1 is 1.35 bits per heavy atom. The summed E-state index contributed by atoms with van der Waals surface area (Å²) in [5.41, 5.74) is 6.40. The smallest absolute Gasteiger partial charge is 0.241 e. The number of hydrogen-bond donors (Lipinski definition) is 3. The fourth-order valence-corrected chi connectivity index (χ4v) is 1.43. The number of carbonyl (C=O) groups excluding carboxylic acids is 1. The first-order valence-corrected chi connectivity index (χ1v) is 6.13. The number of para-hydroxylation sites is 2. The van der Waals surface area contributed by atoms with Gasteiger partial charge in [-0.05, 0) is 12.1 Å². The van der Waals surface area contributed by atoms with E-state index in [1.54, 1.807) is 26.4 Å². The number of aliphatic imine (C=N–C) groups is 1. The maximum Gasteiger partial charge on any atom is 0.241 e. The molecule has 20 heavy (non-hydrogen) atoms. The van der Waals surface area contributed by atoms with Gasteiger partial charge in [0.25, 0.3) is 0 Å². The third kappa shape index (κ3) is 5.57. The van der Waals surface area contributed by atoms with E-state index >= 15 is 0 Å². The molecule has 0 aliphatic heterocycles. The minimum Gasteiger partial charge on any atom is -0.495 e.